The highest BCUT2D eigenvalue weighted by molar-refractivity contribution is 5.82. The fourth-order valence-corrected chi connectivity index (χ4v) is 2.95. The maximum absolute atomic E-state index is 6.08. The van der Waals surface area contributed by atoms with Crippen LogP contribution in [0.5, 0.6) is 5.88 Å². The van der Waals surface area contributed by atoms with Crippen LogP contribution in [-0.2, 0) is 0 Å². The molecule has 0 fully saturated rings. The number of nitrogens with two attached hydrogens (primary N) is 1. The minimum Gasteiger partial charge on any atom is -0.475 e. The Balaban J connectivity index is 1.60. The predicted octanol–water partition coefficient (Wildman–Crippen LogP) is 4.04. The maximum Gasteiger partial charge on any atom is 0.231 e. The van der Waals surface area contributed by atoms with Gasteiger partial charge in [-0.15, -0.1) is 5.10 Å². The normalized spacial score (nSPS) is 12.7. The van der Waals surface area contributed by atoms with Crippen molar-refractivity contribution in [1.29, 1.82) is 0 Å². The molecule has 6 nitrogen and oxygen atoms in total. The van der Waals surface area contributed by atoms with Crippen molar-refractivity contribution in [2.75, 3.05) is 6.61 Å². The number of nitrogens with zero attached hydrogens (tertiary/aromatic N) is 3. The highest BCUT2D eigenvalue weighted by Crippen LogP contribution is 2.28. The molecule has 0 aliphatic carbocycles. The van der Waals surface area contributed by atoms with Crippen molar-refractivity contribution in [3.63, 3.8) is 0 Å². The van der Waals surface area contributed by atoms with Crippen LogP contribution >= 0.6 is 0 Å². The first-order chi connectivity index (χ1) is 12.7. The number of hydrogen-bond acceptors (Lipinski definition) is 5. The van der Waals surface area contributed by atoms with Gasteiger partial charge < -0.3 is 14.9 Å². The molecule has 1 aromatic carbocycles. The molecule has 134 valence electrons. The molecule has 0 saturated carbocycles. The standard InChI is InChI=1S/C20H22N4O2/c1-2-3-7-15(21)13-25-20-10-9-19-22-12-16(24(19)23-20)18-11-14-6-4-5-8-17(14)26-18/h4-6,8-12,15H,2-3,7,13,21H2,1H3. The van der Waals surface area contributed by atoms with Gasteiger partial charge in [0.25, 0.3) is 0 Å². The van der Waals surface area contributed by atoms with Gasteiger partial charge in [0, 0.05) is 17.5 Å². The zero-order chi connectivity index (χ0) is 17.9. The van der Waals surface area contributed by atoms with E-state index in [2.05, 4.69) is 17.0 Å². The molecule has 1 atom stereocenters. The summed E-state index contributed by atoms with van der Waals surface area (Å²) in [6.45, 7) is 2.61. The van der Waals surface area contributed by atoms with Crippen LogP contribution in [0.4, 0.5) is 0 Å². The third-order valence-corrected chi connectivity index (χ3v) is 4.39. The minimum atomic E-state index is 0.0186. The predicted molar refractivity (Wildman–Crippen MR) is 101 cm³/mol. The van der Waals surface area contributed by atoms with E-state index in [4.69, 9.17) is 14.9 Å². The van der Waals surface area contributed by atoms with E-state index in [1.165, 1.54) is 0 Å². The zero-order valence-electron chi connectivity index (χ0n) is 14.8. The Morgan fingerprint density at radius 2 is 2.12 bits per heavy atom. The van der Waals surface area contributed by atoms with Gasteiger partial charge in [-0.1, -0.05) is 38.0 Å². The number of rotatable bonds is 7. The Bertz CT molecular complexity index is 988. The number of furan rings is 1. The van der Waals surface area contributed by atoms with Crippen LogP contribution in [0.25, 0.3) is 28.1 Å². The Morgan fingerprint density at radius 3 is 2.96 bits per heavy atom. The molecule has 0 saturated heterocycles. The Morgan fingerprint density at radius 1 is 1.23 bits per heavy atom. The summed E-state index contributed by atoms with van der Waals surface area (Å²) in [5.41, 5.74) is 8.44. The molecular formula is C20H22N4O2. The van der Waals surface area contributed by atoms with Crippen molar-refractivity contribution in [2.45, 2.75) is 32.2 Å². The molecule has 0 bridgehead atoms. The minimum absolute atomic E-state index is 0.0186. The summed E-state index contributed by atoms with van der Waals surface area (Å²) in [4.78, 5) is 4.40. The molecule has 4 aromatic rings. The van der Waals surface area contributed by atoms with Crippen LogP contribution in [0.2, 0.25) is 0 Å². The smallest absolute Gasteiger partial charge is 0.231 e. The van der Waals surface area contributed by atoms with E-state index >= 15 is 0 Å². The van der Waals surface area contributed by atoms with E-state index in [1.54, 1.807) is 10.7 Å². The average Bonchev–Trinajstić information content (AvgIpc) is 3.27. The van der Waals surface area contributed by atoms with Gasteiger partial charge in [0.05, 0.1) is 6.20 Å². The van der Waals surface area contributed by atoms with Crippen LogP contribution in [0, 0.1) is 0 Å². The second kappa shape index (κ2) is 7.17. The van der Waals surface area contributed by atoms with Gasteiger partial charge in [-0.25, -0.2) is 9.50 Å². The van der Waals surface area contributed by atoms with Crippen LogP contribution in [0.15, 0.2) is 53.1 Å². The van der Waals surface area contributed by atoms with Gasteiger partial charge >= 0.3 is 0 Å². The van der Waals surface area contributed by atoms with E-state index in [1.807, 2.05) is 42.5 Å². The van der Waals surface area contributed by atoms with Crippen LogP contribution in [0.3, 0.4) is 0 Å². The number of benzene rings is 1. The molecule has 26 heavy (non-hydrogen) atoms. The molecular weight excluding hydrogens is 328 g/mol. The first kappa shape index (κ1) is 16.6. The molecule has 0 amide bonds. The van der Waals surface area contributed by atoms with Crippen molar-refractivity contribution in [2.24, 2.45) is 5.73 Å². The molecule has 3 aromatic heterocycles. The van der Waals surface area contributed by atoms with E-state index in [0.29, 0.717) is 12.5 Å². The third kappa shape index (κ3) is 3.28. The van der Waals surface area contributed by atoms with Gasteiger partial charge in [-0.2, -0.15) is 0 Å². The maximum atomic E-state index is 6.08. The molecule has 6 heteroatoms. The number of fused-ring (bicyclic) bond motifs is 2. The first-order valence-electron chi connectivity index (χ1n) is 8.96. The largest absolute Gasteiger partial charge is 0.475 e. The third-order valence-electron chi connectivity index (χ3n) is 4.39. The average molecular weight is 350 g/mol. The number of aromatic nitrogens is 3. The summed E-state index contributed by atoms with van der Waals surface area (Å²) < 4.78 is 13.5. The SMILES string of the molecule is CCCCC(N)COc1ccc2ncc(-c3cc4ccccc4o3)n2n1. The summed E-state index contributed by atoms with van der Waals surface area (Å²) in [5.74, 6) is 1.25. The van der Waals surface area contributed by atoms with Crippen molar-refractivity contribution >= 4 is 16.6 Å². The lowest BCUT2D eigenvalue weighted by atomic mass is 10.1. The van der Waals surface area contributed by atoms with Gasteiger partial charge in [0.1, 0.15) is 17.9 Å². The highest BCUT2D eigenvalue weighted by atomic mass is 16.5. The van der Waals surface area contributed by atoms with Gasteiger partial charge in [0.15, 0.2) is 11.4 Å². The van der Waals surface area contributed by atoms with Gasteiger partial charge in [-0.05, 0) is 24.6 Å². The topological polar surface area (TPSA) is 78.6 Å². The lowest BCUT2D eigenvalue weighted by molar-refractivity contribution is 0.266. The molecule has 0 spiro atoms. The second-order valence-corrected chi connectivity index (χ2v) is 6.45. The van der Waals surface area contributed by atoms with Crippen molar-refractivity contribution < 1.29 is 9.15 Å². The molecule has 0 radical (unpaired) electrons. The fourth-order valence-electron chi connectivity index (χ4n) is 2.95. The Hall–Kier alpha value is -2.86. The van der Waals surface area contributed by atoms with Crippen LogP contribution < -0.4 is 10.5 Å². The summed E-state index contributed by atoms with van der Waals surface area (Å²) in [6, 6.07) is 13.6. The van der Waals surface area contributed by atoms with Gasteiger partial charge in [0.2, 0.25) is 5.88 Å². The summed E-state index contributed by atoms with van der Waals surface area (Å²) in [5, 5.41) is 5.60. The summed E-state index contributed by atoms with van der Waals surface area (Å²) in [7, 11) is 0. The summed E-state index contributed by atoms with van der Waals surface area (Å²) >= 11 is 0. The van der Waals surface area contributed by atoms with Gasteiger partial charge in [-0.3, -0.25) is 0 Å². The van der Waals surface area contributed by atoms with E-state index in [0.717, 1.165) is 47.3 Å². The first-order valence-corrected chi connectivity index (χ1v) is 8.96. The van der Waals surface area contributed by atoms with Crippen molar-refractivity contribution in [1.82, 2.24) is 14.6 Å². The molecule has 0 aliphatic rings. The van der Waals surface area contributed by atoms with E-state index < -0.39 is 0 Å². The molecule has 4 rings (SSSR count). The highest BCUT2D eigenvalue weighted by Gasteiger charge is 2.13. The van der Waals surface area contributed by atoms with E-state index in [9.17, 15) is 0 Å². The number of imidazole rings is 1. The van der Waals surface area contributed by atoms with Crippen molar-refractivity contribution in [3.8, 4) is 17.3 Å². The second-order valence-electron chi connectivity index (χ2n) is 6.45. The number of unbranched alkanes of at least 4 members (excludes halogenated alkanes) is 1. The van der Waals surface area contributed by atoms with E-state index in [-0.39, 0.29) is 6.04 Å². The monoisotopic (exact) mass is 350 g/mol. The number of para-hydroxylation sites is 1. The molecule has 2 N–H and O–H groups in total. The lowest BCUT2D eigenvalue weighted by Crippen LogP contribution is -2.27. The van der Waals surface area contributed by atoms with Crippen LogP contribution in [-0.4, -0.2) is 27.2 Å². The zero-order valence-corrected chi connectivity index (χ0v) is 14.8. The Kier molecular flexibility index (Phi) is 4.58. The number of hydrogen-bond donors (Lipinski definition) is 1. The fraction of sp³-hybridized carbons (Fsp3) is 0.300. The summed E-state index contributed by atoms with van der Waals surface area (Å²) in [6.07, 6.45) is 4.95. The number of ether oxygens (including phenoxy) is 1. The van der Waals surface area contributed by atoms with Crippen LogP contribution in [0.1, 0.15) is 26.2 Å². The van der Waals surface area contributed by atoms with Crippen molar-refractivity contribution in [3.05, 3.63) is 48.7 Å². The quantitative estimate of drug-likeness (QED) is 0.544. The molecule has 1 unspecified atom stereocenters. The lowest BCUT2D eigenvalue weighted by Gasteiger charge is -2.12. The Labute approximate surface area is 151 Å². The molecule has 3 heterocycles. The molecule has 0 aliphatic heterocycles.